The predicted molar refractivity (Wildman–Crippen MR) is 107 cm³/mol. The maximum atomic E-state index is 12.2. The van der Waals surface area contributed by atoms with E-state index >= 15 is 0 Å². The summed E-state index contributed by atoms with van der Waals surface area (Å²) < 4.78 is 6.10. The lowest BCUT2D eigenvalue weighted by atomic mass is 9.87. The fraction of sp³-hybridized carbons (Fsp3) is 0.300. The van der Waals surface area contributed by atoms with Gasteiger partial charge in [-0.3, -0.25) is 4.79 Å². The Kier molecular flexibility index (Phi) is 6.42. The average molecular weight is 419 g/mol. The molecule has 0 aliphatic heterocycles. The van der Waals surface area contributed by atoms with E-state index in [0.717, 1.165) is 10.0 Å². The van der Waals surface area contributed by atoms with Gasteiger partial charge in [0.15, 0.2) is 11.5 Å². The van der Waals surface area contributed by atoms with Gasteiger partial charge in [-0.05, 0) is 42.2 Å². The lowest BCUT2D eigenvalue weighted by Gasteiger charge is -2.18. The summed E-state index contributed by atoms with van der Waals surface area (Å²) in [6.45, 7) is 8.62. The van der Waals surface area contributed by atoms with Crippen LogP contribution >= 0.6 is 15.9 Å². The van der Waals surface area contributed by atoms with E-state index in [2.05, 4.69) is 47.2 Å². The molecule has 0 aromatic heterocycles. The van der Waals surface area contributed by atoms with Gasteiger partial charge >= 0.3 is 0 Å². The second-order valence-corrected chi connectivity index (χ2v) is 7.72. The average Bonchev–Trinajstić information content (AvgIpc) is 2.58. The number of hydrogen-bond donors (Lipinski definition) is 2. The van der Waals surface area contributed by atoms with Crippen molar-refractivity contribution in [3.05, 3.63) is 57.6 Å². The van der Waals surface area contributed by atoms with Crippen LogP contribution in [-0.2, 0) is 5.41 Å². The molecule has 0 spiro atoms. The minimum atomic E-state index is -0.318. The summed E-state index contributed by atoms with van der Waals surface area (Å²) in [5.41, 5.74) is 4.60. The summed E-state index contributed by atoms with van der Waals surface area (Å²) >= 11 is 3.36. The summed E-state index contributed by atoms with van der Waals surface area (Å²) in [7, 11) is 0. The molecule has 5 nitrogen and oxygen atoms in total. The molecular weight excluding hydrogens is 396 g/mol. The molecule has 138 valence electrons. The van der Waals surface area contributed by atoms with Gasteiger partial charge in [0.25, 0.3) is 5.91 Å². The van der Waals surface area contributed by atoms with Gasteiger partial charge in [0.1, 0.15) is 0 Å². The van der Waals surface area contributed by atoms with E-state index in [1.54, 1.807) is 24.3 Å². The number of aromatic hydroxyl groups is 1. The minimum absolute atomic E-state index is 0.0254. The highest BCUT2D eigenvalue weighted by Gasteiger charge is 2.14. The Morgan fingerprint density at radius 1 is 1.27 bits per heavy atom. The number of hydrazone groups is 1. The van der Waals surface area contributed by atoms with Crippen molar-refractivity contribution in [1.82, 2.24) is 5.43 Å². The van der Waals surface area contributed by atoms with Crippen molar-refractivity contribution in [1.29, 1.82) is 0 Å². The molecule has 0 radical (unpaired) electrons. The summed E-state index contributed by atoms with van der Waals surface area (Å²) in [5, 5.41) is 14.1. The van der Waals surface area contributed by atoms with Gasteiger partial charge in [-0.25, -0.2) is 5.43 Å². The van der Waals surface area contributed by atoms with Crippen LogP contribution in [0.1, 0.15) is 49.2 Å². The van der Waals surface area contributed by atoms with Crippen molar-refractivity contribution in [3.63, 3.8) is 0 Å². The van der Waals surface area contributed by atoms with Crippen LogP contribution in [0.2, 0.25) is 0 Å². The Bertz CT molecular complexity index is 809. The van der Waals surface area contributed by atoms with Gasteiger partial charge in [0, 0.05) is 15.6 Å². The maximum absolute atomic E-state index is 12.2. The highest BCUT2D eigenvalue weighted by molar-refractivity contribution is 9.10. The normalized spacial score (nSPS) is 11.6. The zero-order valence-electron chi connectivity index (χ0n) is 15.3. The van der Waals surface area contributed by atoms with Crippen molar-refractivity contribution >= 4 is 28.1 Å². The third-order valence-electron chi connectivity index (χ3n) is 3.75. The van der Waals surface area contributed by atoms with Crippen LogP contribution in [0.5, 0.6) is 11.5 Å². The molecule has 1 amide bonds. The number of nitrogens with zero attached hydrogens (tertiary/aromatic N) is 1. The molecule has 0 aliphatic rings. The van der Waals surface area contributed by atoms with Crippen molar-refractivity contribution in [2.24, 2.45) is 5.10 Å². The van der Waals surface area contributed by atoms with Gasteiger partial charge in [0.2, 0.25) is 0 Å². The van der Waals surface area contributed by atoms with E-state index < -0.39 is 0 Å². The molecule has 6 heteroatoms. The summed E-state index contributed by atoms with van der Waals surface area (Å²) in [6.07, 6.45) is 1.38. The molecule has 2 rings (SSSR count). The van der Waals surface area contributed by atoms with Gasteiger partial charge in [-0.2, -0.15) is 5.10 Å². The Morgan fingerprint density at radius 3 is 2.50 bits per heavy atom. The lowest BCUT2D eigenvalue weighted by Crippen LogP contribution is -2.18. The van der Waals surface area contributed by atoms with Crippen LogP contribution in [-0.4, -0.2) is 23.8 Å². The zero-order valence-corrected chi connectivity index (χ0v) is 16.9. The number of carbonyl (C=O) groups excluding carboxylic acids is 1. The Morgan fingerprint density at radius 2 is 1.92 bits per heavy atom. The predicted octanol–water partition coefficient (Wildman–Crippen LogP) is 4.61. The van der Waals surface area contributed by atoms with E-state index in [9.17, 15) is 9.90 Å². The first-order valence-corrected chi connectivity index (χ1v) is 9.11. The second-order valence-electron chi connectivity index (χ2n) is 6.80. The van der Waals surface area contributed by atoms with Crippen LogP contribution in [0.3, 0.4) is 0 Å². The molecule has 0 bridgehead atoms. The number of carbonyl (C=O) groups is 1. The molecule has 0 fully saturated rings. The van der Waals surface area contributed by atoms with Crippen LogP contribution in [0.25, 0.3) is 0 Å². The van der Waals surface area contributed by atoms with E-state index in [-0.39, 0.29) is 17.1 Å². The largest absolute Gasteiger partial charge is 0.504 e. The number of hydrogen-bond acceptors (Lipinski definition) is 4. The molecule has 0 aliphatic carbocycles. The molecule has 26 heavy (non-hydrogen) atoms. The number of rotatable bonds is 5. The Balaban J connectivity index is 2.10. The molecule has 2 aromatic carbocycles. The van der Waals surface area contributed by atoms with Crippen molar-refractivity contribution in [2.45, 2.75) is 33.1 Å². The lowest BCUT2D eigenvalue weighted by molar-refractivity contribution is 0.0955. The third-order valence-corrected chi connectivity index (χ3v) is 4.21. The van der Waals surface area contributed by atoms with Gasteiger partial charge in [-0.15, -0.1) is 0 Å². The van der Waals surface area contributed by atoms with E-state index in [0.29, 0.717) is 23.5 Å². The molecule has 0 saturated heterocycles. The molecule has 2 N–H and O–H groups in total. The number of benzene rings is 2. The summed E-state index contributed by atoms with van der Waals surface area (Å²) in [5.74, 6) is 0.0104. The summed E-state index contributed by atoms with van der Waals surface area (Å²) in [4.78, 5) is 12.2. The monoisotopic (exact) mass is 418 g/mol. The maximum Gasteiger partial charge on any atom is 0.271 e. The standard InChI is InChI=1S/C20H23BrN2O3/c1-5-26-17-11-16(21)10-14(18(17)24)12-22-23-19(25)13-6-8-15(9-7-13)20(2,3)4/h6-12,24H,5H2,1-4H3,(H,23,25)/b22-12+. The molecule has 0 saturated carbocycles. The zero-order chi connectivity index (χ0) is 19.3. The minimum Gasteiger partial charge on any atom is -0.504 e. The number of phenolic OH excluding ortho intramolecular Hbond substituents is 1. The molecule has 0 heterocycles. The Labute approximate surface area is 162 Å². The molecule has 0 unspecified atom stereocenters. The van der Waals surface area contributed by atoms with Crippen LogP contribution in [0.15, 0.2) is 46.0 Å². The smallest absolute Gasteiger partial charge is 0.271 e. The molecular formula is C20H23BrN2O3. The van der Waals surface area contributed by atoms with Crippen molar-refractivity contribution in [2.75, 3.05) is 6.61 Å². The van der Waals surface area contributed by atoms with E-state index in [1.807, 2.05) is 19.1 Å². The van der Waals surface area contributed by atoms with E-state index in [4.69, 9.17) is 4.74 Å². The number of ether oxygens (including phenoxy) is 1. The first-order valence-electron chi connectivity index (χ1n) is 8.31. The molecule has 0 atom stereocenters. The quantitative estimate of drug-likeness (QED) is 0.549. The van der Waals surface area contributed by atoms with Crippen LogP contribution < -0.4 is 10.2 Å². The second kappa shape index (κ2) is 8.36. The fourth-order valence-corrected chi connectivity index (χ4v) is 2.76. The van der Waals surface area contributed by atoms with Crippen LogP contribution in [0, 0.1) is 0 Å². The van der Waals surface area contributed by atoms with Crippen molar-refractivity contribution < 1.29 is 14.6 Å². The number of phenols is 1. The highest BCUT2D eigenvalue weighted by atomic mass is 79.9. The van der Waals surface area contributed by atoms with E-state index in [1.165, 1.54) is 6.21 Å². The van der Waals surface area contributed by atoms with Crippen molar-refractivity contribution in [3.8, 4) is 11.5 Å². The molecule has 2 aromatic rings. The van der Waals surface area contributed by atoms with Gasteiger partial charge < -0.3 is 9.84 Å². The number of amides is 1. The SMILES string of the molecule is CCOc1cc(Br)cc(/C=N/NC(=O)c2ccc(C(C)(C)C)cc2)c1O. The van der Waals surface area contributed by atoms with Crippen LogP contribution in [0.4, 0.5) is 0 Å². The first kappa shape index (κ1) is 20.0. The topological polar surface area (TPSA) is 70.9 Å². The number of halogens is 1. The van der Waals surface area contributed by atoms with Gasteiger partial charge in [0.05, 0.1) is 12.8 Å². The summed E-state index contributed by atoms with van der Waals surface area (Å²) in [6, 6.07) is 10.8. The number of nitrogens with one attached hydrogen (secondary N) is 1. The third kappa shape index (κ3) is 5.08. The van der Waals surface area contributed by atoms with Gasteiger partial charge in [-0.1, -0.05) is 48.8 Å². The highest BCUT2D eigenvalue weighted by Crippen LogP contribution is 2.32. The first-order chi connectivity index (χ1) is 12.2. The Hall–Kier alpha value is -2.34. The fourth-order valence-electron chi connectivity index (χ4n) is 2.30.